The lowest BCUT2D eigenvalue weighted by atomic mass is 10.1. The quantitative estimate of drug-likeness (QED) is 0.510. The van der Waals surface area contributed by atoms with Crippen molar-refractivity contribution in [3.63, 3.8) is 0 Å². The molecule has 1 aromatic heterocycles. The standard InChI is InChI=1S/C24H20N2O3/c1-28-22-12-5-2-7-18(22)16-26-24(27)17-8-6-9-19(15-17)29-23-13-14-25-21-11-4-3-10-20(21)23/h2-15H,16H2,1H3,(H,26,27). The molecule has 0 spiro atoms. The maximum absolute atomic E-state index is 12.6. The number of rotatable bonds is 6. The van der Waals surface area contributed by atoms with Gasteiger partial charge in [-0.25, -0.2) is 0 Å². The van der Waals surface area contributed by atoms with E-state index in [1.165, 1.54) is 0 Å². The molecule has 0 saturated carbocycles. The molecule has 4 aromatic rings. The van der Waals surface area contributed by atoms with Crippen LogP contribution in [0.15, 0.2) is 85.1 Å². The minimum Gasteiger partial charge on any atom is -0.496 e. The van der Waals surface area contributed by atoms with Gasteiger partial charge in [-0.2, -0.15) is 0 Å². The zero-order chi connectivity index (χ0) is 20.1. The predicted octanol–water partition coefficient (Wildman–Crippen LogP) is 4.97. The number of carbonyl (C=O) groups is 1. The molecule has 1 amide bonds. The summed E-state index contributed by atoms with van der Waals surface area (Å²) in [6, 6.07) is 24.3. The number of ether oxygens (including phenoxy) is 2. The van der Waals surface area contributed by atoms with Crippen LogP contribution in [-0.2, 0) is 6.54 Å². The second-order valence-electron chi connectivity index (χ2n) is 6.45. The highest BCUT2D eigenvalue weighted by molar-refractivity contribution is 5.94. The fourth-order valence-electron chi connectivity index (χ4n) is 3.11. The molecule has 0 aliphatic rings. The molecule has 1 N–H and O–H groups in total. The predicted molar refractivity (Wildman–Crippen MR) is 112 cm³/mol. The van der Waals surface area contributed by atoms with Crippen molar-refractivity contribution >= 4 is 16.8 Å². The van der Waals surface area contributed by atoms with Gasteiger partial charge in [0.25, 0.3) is 5.91 Å². The molecular formula is C24H20N2O3. The lowest BCUT2D eigenvalue weighted by Gasteiger charge is -2.11. The number of methoxy groups -OCH3 is 1. The smallest absolute Gasteiger partial charge is 0.251 e. The average molecular weight is 384 g/mol. The van der Waals surface area contributed by atoms with E-state index in [2.05, 4.69) is 10.3 Å². The van der Waals surface area contributed by atoms with Gasteiger partial charge >= 0.3 is 0 Å². The van der Waals surface area contributed by atoms with Crippen LogP contribution >= 0.6 is 0 Å². The Kier molecular flexibility index (Phi) is 5.38. The van der Waals surface area contributed by atoms with Crippen molar-refractivity contribution < 1.29 is 14.3 Å². The van der Waals surface area contributed by atoms with E-state index < -0.39 is 0 Å². The summed E-state index contributed by atoms with van der Waals surface area (Å²) in [7, 11) is 1.62. The molecule has 0 saturated heterocycles. The number of hydrogen-bond acceptors (Lipinski definition) is 4. The van der Waals surface area contributed by atoms with Crippen molar-refractivity contribution in [2.45, 2.75) is 6.54 Å². The topological polar surface area (TPSA) is 60.5 Å². The van der Waals surface area contributed by atoms with Gasteiger partial charge in [0.1, 0.15) is 17.2 Å². The first-order valence-electron chi connectivity index (χ1n) is 9.26. The molecule has 0 aliphatic carbocycles. The fourth-order valence-corrected chi connectivity index (χ4v) is 3.11. The van der Waals surface area contributed by atoms with E-state index in [4.69, 9.17) is 9.47 Å². The van der Waals surface area contributed by atoms with E-state index in [0.717, 1.165) is 22.2 Å². The summed E-state index contributed by atoms with van der Waals surface area (Å²) < 4.78 is 11.4. The van der Waals surface area contributed by atoms with E-state index in [9.17, 15) is 4.79 Å². The normalized spacial score (nSPS) is 10.5. The van der Waals surface area contributed by atoms with Crippen molar-refractivity contribution in [3.05, 3.63) is 96.2 Å². The molecule has 144 valence electrons. The van der Waals surface area contributed by atoms with Gasteiger partial charge in [-0.05, 0) is 42.5 Å². The van der Waals surface area contributed by atoms with Gasteiger partial charge in [0.2, 0.25) is 0 Å². The number of amides is 1. The van der Waals surface area contributed by atoms with Gasteiger partial charge < -0.3 is 14.8 Å². The largest absolute Gasteiger partial charge is 0.496 e. The van der Waals surface area contributed by atoms with Crippen LogP contribution in [0, 0.1) is 0 Å². The van der Waals surface area contributed by atoms with Gasteiger partial charge in [0.15, 0.2) is 0 Å². The molecule has 3 aromatic carbocycles. The third-order valence-corrected chi connectivity index (χ3v) is 4.56. The molecular weight excluding hydrogens is 364 g/mol. The van der Waals surface area contributed by atoms with Gasteiger partial charge in [-0.3, -0.25) is 9.78 Å². The summed E-state index contributed by atoms with van der Waals surface area (Å²) in [6.07, 6.45) is 1.71. The summed E-state index contributed by atoms with van der Waals surface area (Å²) in [6.45, 7) is 0.378. The zero-order valence-electron chi connectivity index (χ0n) is 16.0. The van der Waals surface area contributed by atoms with Crippen LogP contribution in [0.4, 0.5) is 0 Å². The first-order chi connectivity index (χ1) is 14.2. The molecule has 0 unspecified atom stereocenters. The molecule has 0 bridgehead atoms. The van der Waals surface area contributed by atoms with Gasteiger partial charge in [0.05, 0.1) is 12.6 Å². The van der Waals surface area contributed by atoms with E-state index in [-0.39, 0.29) is 5.91 Å². The van der Waals surface area contributed by atoms with Crippen LogP contribution < -0.4 is 14.8 Å². The minimum absolute atomic E-state index is 0.180. The Balaban J connectivity index is 1.50. The van der Waals surface area contributed by atoms with E-state index in [1.54, 1.807) is 31.5 Å². The van der Waals surface area contributed by atoms with E-state index in [1.807, 2.05) is 60.7 Å². The molecule has 4 rings (SSSR count). The zero-order valence-corrected chi connectivity index (χ0v) is 16.0. The molecule has 0 radical (unpaired) electrons. The van der Waals surface area contributed by atoms with Crippen molar-refractivity contribution in [1.82, 2.24) is 10.3 Å². The van der Waals surface area contributed by atoms with Crippen LogP contribution in [0.5, 0.6) is 17.2 Å². The number of hydrogen-bond donors (Lipinski definition) is 1. The number of aromatic nitrogens is 1. The Morgan fingerprint density at radius 2 is 1.76 bits per heavy atom. The van der Waals surface area contributed by atoms with E-state index in [0.29, 0.717) is 23.6 Å². The molecule has 29 heavy (non-hydrogen) atoms. The maximum atomic E-state index is 12.6. The van der Waals surface area contributed by atoms with Gasteiger partial charge in [-0.1, -0.05) is 36.4 Å². The monoisotopic (exact) mass is 384 g/mol. The Labute approximate surface area is 168 Å². The molecule has 0 fully saturated rings. The Hall–Kier alpha value is -3.86. The van der Waals surface area contributed by atoms with E-state index >= 15 is 0 Å². The van der Waals surface area contributed by atoms with Gasteiger partial charge in [0, 0.05) is 29.3 Å². The lowest BCUT2D eigenvalue weighted by Crippen LogP contribution is -2.23. The van der Waals surface area contributed by atoms with Crippen LogP contribution in [0.1, 0.15) is 15.9 Å². The van der Waals surface area contributed by atoms with Crippen molar-refractivity contribution in [2.75, 3.05) is 7.11 Å². The third kappa shape index (κ3) is 4.19. The summed E-state index contributed by atoms with van der Waals surface area (Å²) in [4.78, 5) is 17.0. The lowest BCUT2D eigenvalue weighted by molar-refractivity contribution is 0.0950. The van der Waals surface area contributed by atoms with Crippen molar-refractivity contribution in [1.29, 1.82) is 0 Å². The van der Waals surface area contributed by atoms with Gasteiger partial charge in [-0.15, -0.1) is 0 Å². The number of nitrogens with one attached hydrogen (secondary N) is 1. The second kappa shape index (κ2) is 8.44. The number of pyridine rings is 1. The van der Waals surface area contributed by atoms with Crippen molar-refractivity contribution in [3.8, 4) is 17.2 Å². The highest BCUT2D eigenvalue weighted by Gasteiger charge is 2.10. The summed E-state index contributed by atoms with van der Waals surface area (Å²) in [5.74, 6) is 1.85. The first kappa shape index (κ1) is 18.5. The van der Waals surface area contributed by atoms with Crippen LogP contribution in [0.25, 0.3) is 10.9 Å². The molecule has 5 heteroatoms. The Morgan fingerprint density at radius 3 is 2.66 bits per heavy atom. The summed E-state index contributed by atoms with van der Waals surface area (Å²) in [5.41, 5.74) is 2.30. The fraction of sp³-hybridized carbons (Fsp3) is 0.0833. The molecule has 0 atom stereocenters. The maximum Gasteiger partial charge on any atom is 0.251 e. The Bertz CT molecular complexity index is 1150. The van der Waals surface area contributed by atoms with Crippen LogP contribution in [-0.4, -0.2) is 18.0 Å². The third-order valence-electron chi connectivity index (χ3n) is 4.56. The van der Waals surface area contributed by atoms with Crippen molar-refractivity contribution in [2.24, 2.45) is 0 Å². The number of nitrogens with zero attached hydrogens (tertiary/aromatic N) is 1. The molecule has 0 aliphatic heterocycles. The SMILES string of the molecule is COc1ccccc1CNC(=O)c1cccc(Oc2ccnc3ccccc23)c1. The summed E-state index contributed by atoms with van der Waals surface area (Å²) >= 11 is 0. The molecule has 5 nitrogen and oxygen atoms in total. The average Bonchev–Trinajstić information content (AvgIpc) is 2.78. The highest BCUT2D eigenvalue weighted by Crippen LogP contribution is 2.29. The minimum atomic E-state index is -0.180. The number of para-hydroxylation sites is 2. The Morgan fingerprint density at radius 1 is 0.931 bits per heavy atom. The number of fused-ring (bicyclic) bond motifs is 1. The number of carbonyl (C=O) groups excluding carboxylic acids is 1. The van der Waals surface area contributed by atoms with Crippen LogP contribution in [0.2, 0.25) is 0 Å². The number of benzene rings is 3. The first-order valence-corrected chi connectivity index (χ1v) is 9.26. The summed E-state index contributed by atoms with van der Waals surface area (Å²) in [5, 5.41) is 3.84. The second-order valence-corrected chi connectivity index (χ2v) is 6.45. The highest BCUT2D eigenvalue weighted by atomic mass is 16.5. The van der Waals surface area contributed by atoms with Crippen LogP contribution in [0.3, 0.4) is 0 Å². The molecule has 1 heterocycles.